The molecule has 2 heterocycles. The molecule has 0 N–H and O–H groups in total. The van der Waals surface area contributed by atoms with Gasteiger partial charge in [-0.05, 0) is 61.9 Å². The van der Waals surface area contributed by atoms with Crippen molar-refractivity contribution in [3.8, 4) is 5.75 Å². The molecule has 0 saturated carbocycles. The SMILES string of the molecule is CCN(C(=O)c1cc2cc3ccc(C)cc3nc2s1)c1ccc(OC)cc1. The molecule has 5 heteroatoms. The number of rotatable bonds is 4. The Hall–Kier alpha value is -2.92. The maximum atomic E-state index is 13.1. The zero-order valence-electron chi connectivity index (χ0n) is 15.5. The quantitative estimate of drug-likeness (QED) is 0.477. The summed E-state index contributed by atoms with van der Waals surface area (Å²) in [7, 11) is 1.63. The van der Waals surface area contributed by atoms with Crippen LogP contribution in [0, 0.1) is 6.92 Å². The third-order valence-electron chi connectivity index (χ3n) is 4.62. The van der Waals surface area contributed by atoms with E-state index >= 15 is 0 Å². The second kappa shape index (κ2) is 7.00. The number of aromatic nitrogens is 1. The van der Waals surface area contributed by atoms with Crippen molar-refractivity contribution in [3.05, 3.63) is 65.0 Å². The van der Waals surface area contributed by atoms with Crippen LogP contribution in [0.2, 0.25) is 0 Å². The summed E-state index contributed by atoms with van der Waals surface area (Å²) in [6, 6.07) is 17.8. The van der Waals surface area contributed by atoms with E-state index in [-0.39, 0.29) is 5.91 Å². The number of nitrogens with zero attached hydrogens (tertiary/aromatic N) is 2. The average molecular weight is 376 g/mol. The summed E-state index contributed by atoms with van der Waals surface area (Å²) in [5.74, 6) is 0.765. The van der Waals surface area contributed by atoms with Crippen LogP contribution in [-0.4, -0.2) is 24.5 Å². The topological polar surface area (TPSA) is 42.4 Å². The summed E-state index contributed by atoms with van der Waals surface area (Å²) in [5.41, 5.74) is 3.00. The molecule has 2 aromatic heterocycles. The molecular weight excluding hydrogens is 356 g/mol. The molecule has 0 unspecified atom stereocenters. The lowest BCUT2D eigenvalue weighted by atomic mass is 10.1. The molecule has 2 aromatic carbocycles. The number of anilines is 1. The zero-order chi connectivity index (χ0) is 19.0. The summed E-state index contributed by atoms with van der Waals surface area (Å²) in [6.07, 6.45) is 0. The van der Waals surface area contributed by atoms with Crippen LogP contribution in [0.3, 0.4) is 0 Å². The predicted molar refractivity (Wildman–Crippen MR) is 112 cm³/mol. The Morgan fingerprint density at radius 3 is 2.56 bits per heavy atom. The fourth-order valence-electron chi connectivity index (χ4n) is 3.18. The summed E-state index contributed by atoms with van der Waals surface area (Å²) in [5, 5.41) is 2.10. The third-order valence-corrected chi connectivity index (χ3v) is 5.65. The minimum absolute atomic E-state index is 0.00842. The highest BCUT2D eigenvalue weighted by Gasteiger charge is 2.19. The van der Waals surface area contributed by atoms with Crippen molar-refractivity contribution in [1.29, 1.82) is 0 Å². The van der Waals surface area contributed by atoms with Crippen LogP contribution >= 0.6 is 11.3 Å². The molecule has 0 aliphatic carbocycles. The number of carbonyl (C=O) groups excluding carboxylic acids is 1. The Kier molecular flexibility index (Phi) is 4.54. The van der Waals surface area contributed by atoms with Crippen LogP contribution in [0.5, 0.6) is 5.75 Å². The van der Waals surface area contributed by atoms with Crippen LogP contribution < -0.4 is 9.64 Å². The van der Waals surface area contributed by atoms with Gasteiger partial charge in [0.2, 0.25) is 0 Å². The third kappa shape index (κ3) is 3.26. The van der Waals surface area contributed by atoms with E-state index < -0.39 is 0 Å². The first-order chi connectivity index (χ1) is 13.1. The van der Waals surface area contributed by atoms with E-state index in [1.54, 1.807) is 12.0 Å². The molecule has 4 aromatic rings. The highest BCUT2D eigenvalue weighted by atomic mass is 32.1. The first-order valence-electron chi connectivity index (χ1n) is 8.86. The maximum Gasteiger partial charge on any atom is 0.268 e. The van der Waals surface area contributed by atoms with E-state index in [1.807, 2.05) is 37.3 Å². The van der Waals surface area contributed by atoms with E-state index in [0.29, 0.717) is 11.4 Å². The van der Waals surface area contributed by atoms with Crippen molar-refractivity contribution >= 4 is 44.1 Å². The fourth-order valence-corrected chi connectivity index (χ4v) is 4.15. The predicted octanol–water partition coefficient (Wildman–Crippen LogP) is 5.43. The number of thiophene rings is 1. The molecule has 1 amide bonds. The molecule has 27 heavy (non-hydrogen) atoms. The molecule has 0 aliphatic rings. The minimum atomic E-state index is -0.00842. The lowest BCUT2D eigenvalue weighted by Crippen LogP contribution is -2.29. The Morgan fingerprint density at radius 2 is 1.85 bits per heavy atom. The lowest BCUT2D eigenvalue weighted by Gasteiger charge is -2.20. The van der Waals surface area contributed by atoms with E-state index in [9.17, 15) is 4.79 Å². The number of aryl methyl sites for hydroxylation is 1. The van der Waals surface area contributed by atoms with Gasteiger partial charge in [-0.1, -0.05) is 12.1 Å². The number of amides is 1. The zero-order valence-corrected chi connectivity index (χ0v) is 16.3. The van der Waals surface area contributed by atoms with Gasteiger partial charge in [-0.2, -0.15) is 0 Å². The van der Waals surface area contributed by atoms with Gasteiger partial charge in [-0.25, -0.2) is 4.98 Å². The van der Waals surface area contributed by atoms with Gasteiger partial charge < -0.3 is 9.64 Å². The molecule has 0 radical (unpaired) electrons. The van der Waals surface area contributed by atoms with Crippen LogP contribution in [0.1, 0.15) is 22.2 Å². The number of methoxy groups -OCH3 is 1. The molecule has 4 nitrogen and oxygen atoms in total. The lowest BCUT2D eigenvalue weighted by molar-refractivity contribution is 0.0992. The monoisotopic (exact) mass is 376 g/mol. The van der Waals surface area contributed by atoms with Gasteiger partial charge in [0, 0.05) is 23.0 Å². The van der Waals surface area contributed by atoms with Gasteiger partial charge >= 0.3 is 0 Å². The van der Waals surface area contributed by atoms with Crippen molar-refractivity contribution < 1.29 is 9.53 Å². The summed E-state index contributed by atoms with van der Waals surface area (Å²) >= 11 is 1.45. The van der Waals surface area contributed by atoms with Gasteiger partial charge in [0.1, 0.15) is 10.6 Å². The molecule has 0 spiro atoms. The van der Waals surface area contributed by atoms with E-state index in [4.69, 9.17) is 9.72 Å². The standard InChI is InChI=1S/C22H20N2O2S/c1-4-24(17-7-9-18(26-3)10-8-17)22(25)20-13-16-12-15-6-5-14(2)11-19(15)23-21(16)27-20/h5-13H,4H2,1-3H3. The molecule has 0 bridgehead atoms. The summed E-state index contributed by atoms with van der Waals surface area (Å²) in [6.45, 7) is 4.63. The van der Waals surface area contributed by atoms with Crippen LogP contribution in [0.25, 0.3) is 21.1 Å². The second-order valence-corrected chi connectivity index (χ2v) is 7.47. The Morgan fingerprint density at radius 1 is 1.07 bits per heavy atom. The number of pyridine rings is 1. The maximum absolute atomic E-state index is 13.1. The van der Waals surface area contributed by atoms with Crippen molar-refractivity contribution in [2.75, 3.05) is 18.6 Å². The van der Waals surface area contributed by atoms with Gasteiger partial charge in [-0.15, -0.1) is 11.3 Å². The van der Waals surface area contributed by atoms with Crippen LogP contribution in [0.15, 0.2) is 54.6 Å². The first-order valence-corrected chi connectivity index (χ1v) is 9.67. The van der Waals surface area contributed by atoms with Gasteiger partial charge in [-0.3, -0.25) is 4.79 Å². The molecule has 0 aliphatic heterocycles. The Balaban J connectivity index is 1.72. The van der Waals surface area contributed by atoms with Gasteiger partial charge in [0.15, 0.2) is 0 Å². The molecule has 4 rings (SSSR count). The minimum Gasteiger partial charge on any atom is -0.497 e. The Labute approximate surface area is 162 Å². The normalized spacial score (nSPS) is 11.1. The number of hydrogen-bond acceptors (Lipinski definition) is 4. The van der Waals surface area contributed by atoms with Crippen LogP contribution in [0.4, 0.5) is 5.69 Å². The second-order valence-electron chi connectivity index (χ2n) is 6.44. The highest BCUT2D eigenvalue weighted by Crippen LogP contribution is 2.30. The van der Waals surface area contributed by atoms with Gasteiger partial charge in [0.05, 0.1) is 17.5 Å². The molecular formula is C22H20N2O2S. The van der Waals surface area contributed by atoms with E-state index in [0.717, 1.165) is 32.6 Å². The summed E-state index contributed by atoms with van der Waals surface area (Å²) in [4.78, 5) is 21.2. The number of fused-ring (bicyclic) bond motifs is 2. The molecule has 0 fully saturated rings. The molecule has 0 atom stereocenters. The van der Waals surface area contributed by atoms with E-state index in [1.165, 1.54) is 16.9 Å². The number of carbonyl (C=O) groups is 1. The van der Waals surface area contributed by atoms with E-state index in [2.05, 4.69) is 31.2 Å². The largest absolute Gasteiger partial charge is 0.497 e. The van der Waals surface area contributed by atoms with Crippen molar-refractivity contribution in [3.63, 3.8) is 0 Å². The highest BCUT2D eigenvalue weighted by molar-refractivity contribution is 7.20. The fraction of sp³-hybridized carbons (Fsp3) is 0.182. The van der Waals surface area contributed by atoms with Crippen LogP contribution in [-0.2, 0) is 0 Å². The number of ether oxygens (including phenoxy) is 1. The molecule has 136 valence electrons. The number of benzene rings is 2. The van der Waals surface area contributed by atoms with Crippen molar-refractivity contribution in [1.82, 2.24) is 4.98 Å². The Bertz CT molecular complexity index is 1130. The molecule has 0 saturated heterocycles. The van der Waals surface area contributed by atoms with Crippen molar-refractivity contribution in [2.45, 2.75) is 13.8 Å². The smallest absolute Gasteiger partial charge is 0.268 e. The summed E-state index contributed by atoms with van der Waals surface area (Å²) < 4.78 is 5.20. The van der Waals surface area contributed by atoms with Gasteiger partial charge in [0.25, 0.3) is 5.91 Å². The van der Waals surface area contributed by atoms with Crippen molar-refractivity contribution in [2.24, 2.45) is 0 Å². The average Bonchev–Trinajstić information content (AvgIpc) is 3.10. The first kappa shape index (κ1) is 17.5. The number of hydrogen-bond donors (Lipinski definition) is 0.